The minimum Gasteiger partial charge on any atom is -0.383 e. The van der Waals surface area contributed by atoms with E-state index in [9.17, 15) is 0 Å². The lowest BCUT2D eigenvalue weighted by atomic mass is 10.0. The van der Waals surface area contributed by atoms with Crippen molar-refractivity contribution in [3.8, 4) is 0 Å². The maximum absolute atomic E-state index is 5.88. The molecular weight excluding hydrogens is 176 g/mol. The van der Waals surface area contributed by atoms with Gasteiger partial charge in [0, 0.05) is 32.3 Å². The first kappa shape index (κ1) is 12.0. The average molecular weight is 200 g/mol. The van der Waals surface area contributed by atoms with E-state index in [0.717, 1.165) is 25.7 Å². The van der Waals surface area contributed by atoms with Crippen molar-refractivity contribution in [3.05, 3.63) is 0 Å². The quantitative estimate of drug-likeness (QED) is 0.668. The van der Waals surface area contributed by atoms with Crippen LogP contribution >= 0.6 is 0 Å². The van der Waals surface area contributed by atoms with Crippen molar-refractivity contribution < 1.29 is 4.74 Å². The first-order valence-electron chi connectivity index (χ1n) is 5.63. The van der Waals surface area contributed by atoms with Gasteiger partial charge in [-0.05, 0) is 25.7 Å². The Morgan fingerprint density at radius 3 is 2.50 bits per heavy atom. The predicted octanol–water partition coefficient (Wildman–Crippen LogP) is 1.08. The van der Waals surface area contributed by atoms with Crippen molar-refractivity contribution in [1.29, 1.82) is 0 Å². The van der Waals surface area contributed by atoms with Crippen LogP contribution in [0.1, 0.15) is 26.7 Å². The summed E-state index contributed by atoms with van der Waals surface area (Å²) in [6.45, 7) is 7.32. The van der Waals surface area contributed by atoms with Gasteiger partial charge in [0.05, 0.1) is 6.61 Å². The van der Waals surface area contributed by atoms with Gasteiger partial charge in [0.1, 0.15) is 0 Å². The van der Waals surface area contributed by atoms with Gasteiger partial charge in [-0.1, -0.05) is 6.92 Å². The molecule has 1 aliphatic carbocycles. The largest absolute Gasteiger partial charge is 0.383 e. The summed E-state index contributed by atoms with van der Waals surface area (Å²) in [5.41, 5.74) is 5.88. The number of ether oxygens (including phenoxy) is 1. The molecule has 0 bridgehead atoms. The van der Waals surface area contributed by atoms with Crippen LogP contribution in [0.25, 0.3) is 0 Å². The molecule has 2 atom stereocenters. The summed E-state index contributed by atoms with van der Waals surface area (Å²) in [6.07, 6.45) is 2.71. The van der Waals surface area contributed by atoms with Crippen molar-refractivity contribution in [2.75, 3.05) is 26.8 Å². The van der Waals surface area contributed by atoms with Gasteiger partial charge in [0.2, 0.25) is 0 Å². The van der Waals surface area contributed by atoms with Crippen LogP contribution in [0, 0.1) is 5.92 Å². The Morgan fingerprint density at radius 1 is 1.43 bits per heavy atom. The molecule has 0 aliphatic heterocycles. The van der Waals surface area contributed by atoms with Gasteiger partial charge >= 0.3 is 0 Å². The number of nitrogens with zero attached hydrogens (tertiary/aromatic N) is 1. The third-order valence-electron chi connectivity index (χ3n) is 3.07. The van der Waals surface area contributed by atoms with Gasteiger partial charge in [0.15, 0.2) is 0 Å². The first-order valence-corrected chi connectivity index (χ1v) is 5.63. The average Bonchev–Trinajstić information content (AvgIpc) is 2.94. The van der Waals surface area contributed by atoms with E-state index in [2.05, 4.69) is 18.7 Å². The Labute approximate surface area is 87.6 Å². The van der Waals surface area contributed by atoms with Crippen molar-refractivity contribution in [2.45, 2.75) is 38.8 Å². The van der Waals surface area contributed by atoms with Crippen molar-refractivity contribution in [2.24, 2.45) is 11.7 Å². The lowest BCUT2D eigenvalue weighted by Crippen LogP contribution is -2.39. The van der Waals surface area contributed by atoms with Gasteiger partial charge in [-0.25, -0.2) is 0 Å². The number of hydrogen-bond acceptors (Lipinski definition) is 3. The minimum absolute atomic E-state index is 0.291. The molecule has 1 rings (SSSR count). The van der Waals surface area contributed by atoms with Crippen LogP contribution in [-0.2, 0) is 4.74 Å². The highest BCUT2D eigenvalue weighted by Crippen LogP contribution is 2.27. The van der Waals surface area contributed by atoms with E-state index in [-0.39, 0.29) is 0 Å². The second kappa shape index (κ2) is 5.69. The zero-order chi connectivity index (χ0) is 10.6. The van der Waals surface area contributed by atoms with E-state index in [1.165, 1.54) is 12.8 Å². The summed E-state index contributed by atoms with van der Waals surface area (Å²) in [4.78, 5) is 2.53. The number of nitrogens with two attached hydrogens (primary N) is 1. The Balaban J connectivity index is 2.27. The summed E-state index contributed by atoms with van der Waals surface area (Å²) in [5, 5.41) is 0. The van der Waals surface area contributed by atoms with Crippen molar-refractivity contribution in [3.63, 3.8) is 0 Å². The molecule has 1 saturated carbocycles. The minimum atomic E-state index is 0.291. The van der Waals surface area contributed by atoms with Gasteiger partial charge < -0.3 is 10.5 Å². The molecular formula is C11H24N2O. The van der Waals surface area contributed by atoms with Gasteiger partial charge in [-0.3, -0.25) is 4.90 Å². The highest BCUT2D eigenvalue weighted by Gasteiger charge is 2.29. The number of methoxy groups -OCH3 is 1. The fourth-order valence-corrected chi connectivity index (χ4v) is 1.61. The molecule has 0 aromatic heterocycles. The van der Waals surface area contributed by atoms with Crippen LogP contribution in [0.5, 0.6) is 0 Å². The first-order chi connectivity index (χ1) is 6.65. The number of rotatable bonds is 7. The molecule has 3 nitrogen and oxygen atoms in total. The summed E-state index contributed by atoms with van der Waals surface area (Å²) in [5.74, 6) is 0.576. The molecule has 2 unspecified atom stereocenters. The SMILES string of the molecule is COCCN(CC(C)C(C)N)C1CC1. The van der Waals surface area contributed by atoms with Gasteiger partial charge in [-0.15, -0.1) is 0 Å². The molecule has 1 fully saturated rings. The third-order valence-corrected chi connectivity index (χ3v) is 3.07. The maximum atomic E-state index is 5.88. The predicted molar refractivity (Wildman–Crippen MR) is 59.3 cm³/mol. The Morgan fingerprint density at radius 2 is 2.07 bits per heavy atom. The van der Waals surface area contributed by atoms with E-state index in [1.54, 1.807) is 7.11 Å². The fraction of sp³-hybridized carbons (Fsp3) is 1.00. The molecule has 0 aromatic carbocycles. The fourth-order valence-electron chi connectivity index (χ4n) is 1.61. The zero-order valence-corrected chi connectivity index (χ0v) is 9.70. The monoisotopic (exact) mass is 200 g/mol. The standard InChI is InChI=1S/C11H24N2O/c1-9(10(2)12)8-13(6-7-14-3)11-4-5-11/h9-11H,4-8,12H2,1-3H3. The van der Waals surface area contributed by atoms with E-state index < -0.39 is 0 Å². The second-order valence-electron chi connectivity index (χ2n) is 4.56. The Kier molecular flexibility index (Phi) is 4.85. The Bertz CT molecular complexity index is 157. The molecule has 2 N–H and O–H groups in total. The summed E-state index contributed by atoms with van der Waals surface area (Å²) < 4.78 is 5.12. The van der Waals surface area contributed by atoms with Crippen LogP contribution in [0.4, 0.5) is 0 Å². The maximum Gasteiger partial charge on any atom is 0.0589 e. The van der Waals surface area contributed by atoms with Crippen molar-refractivity contribution >= 4 is 0 Å². The summed E-state index contributed by atoms with van der Waals surface area (Å²) in [6, 6.07) is 1.10. The molecule has 0 amide bonds. The molecule has 0 radical (unpaired) electrons. The lowest BCUT2D eigenvalue weighted by Gasteiger charge is -2.27. The van der Waals surface area contributed by atoms with Gasteiger partial charge in [0.25, 0.3) is 0 Å². The molecule has 0 saturated heterocycles. The molecule has 3 heteroatoms. The second-order valence-corrected chi connectivity index (χ2v) is 4.56. The summed E-state index contributed by atoms with van der Waals surface area (Å²) in [7, 11) is 1.76. The van der Waals surface area contributed by atoms with E-state index in [0.29, 0.717) is 12.0 Å². The van der Waals surface area contributed by atoms with Crippen LogP contribution in [0.15, 0.2) is 0 Å². The van der Waals surface area contributed by atoms with Crippen LogP contribution in [0.2, 0.25) is 0 Å². The third kappa shape index (κ3) is 3.95. The molecule has 0 spiro atoms. The van der Waals surface area contributed by atoms with E-state index >= 15 is 0 Å². The lowest BCUT2D eigenvalue weighted by molar-refractivity contribution is 0.131. The zero-order valence-electron chi connectivity index (χ0n) is 9.70. The Hall–Kier alpha value is -0.120. The normalized spacial score (nSPS) is 21.2. The van der Waals surface area contributed by atoms with Crippen LogP contribution in [-0.4, -0.2) is 43.8 Å². The highest BCUT2D eigenvalue weighted by atomic mass is 16.5. The molecule has 0 heterocycles. The smallest absolute Gasteiger partial charge is 0.0589 e. The van der Waals surface area contributed by atoms with Crippen LogP contribution < -0.4 is 5.73 Å². The molecule has 14 heavy (non-hydrogen) atoms. The summed E-state index contributed by atoms with van der Waals surface area (Å²) >= 11 is 0. The van der Waals surface area contributed by atoms with E-state index in [1.807, 2.05) is 0 Å². The molecule has 84 valence electrons. The molecule has 0 aromatic rings. The molecule has 1 aliphatic rings. The van der Waals surface area contributed by atoms with Crippen LogP contribution in [0.3, 0.4) is 0 Å². The number of hydrogen-bond donors (Lipinski definition) is 1. The van der Waals surface area contributed by atoms with Gasteiger partial charge in [-0.2, -0.15) is 0 Å². The van der Waals surface area contributed by atoms with E-state index in [4.69, 9.17) is 10.5 Å². The topological polar surface area (TPSA) is 38.5 Å². The highest BCUT2D eigenvalue weighted by molar-refractivity contribution is 4.86. The van der Waals surface area contributed by atoms with Crippen molar-refractivity contribution in [1.82, 2.24) is 4.90 Å².